The van der Waals surface area contributed by atoms with Gasteiger partial charge in [0, 0.05) is 30.7 Å². The number of benzene rings is 1. The van der Waals surface area contributed by atoms with Gasteiger partial charge in [0.15, 0.2) is 0 Å². The summed E-state index contributed by atoms with van der Waals surface area (Å²) in [6.45, 7) is 6.36. The van der Waals surface area contributed by atoms with Gasteiger partial charge in [0.1, 0.15) is 11.6 Å². The van der Waals surface area contributed by atoms with E-state index >= 15 is 0 Å². The average Bonchev–Trinajstić information content (AvgIpc) is 3.16. The lowest BCUT2D eigenvalue weighted by Gasteiger charge is -2.31. The quantitative estimate of drug-likeness (QED) is 0.672. The highest BCUT2D eigenvalue weighted by atomic mass is 19.1. The first-order chi connectivity index (χ1) is 14.7. The molecule has 0 radical (unpaired) electrons. The molecular formula is C22H27FN4O4. The first-order valence-corrected chi connectivity index (χ1v) is 10.3. The van der Waals surface area contributed by atoms with Crippen molar-refractivity contribution in [3.63, 3.8) is 0 Å². The average molecular weight is 430 g/mol. The van der Waals surface area contributed by atoms with Crippen molar-refractivity contribution in [2.75, 3.05) is 23.7 Å². The number of rotatable bonds is 5. The van der Waals surface area contributed by atoms with Gasteiger partial charge in [-0.2, -0.15) is 0 Å². The van der Waals surface area contributed by atoms with Crippen LogP contribution in [0.2, 0.25) is 0 Å². The number of hydrogen-bond acceptors (Lipinski definition) is 4. The molecule has 1 fully saturated rings. The molecule has 2 aromatic rings. The van der Waals surface area contributed by atoms with Crippen LogP contribution in [0.15, 0.2) is 34.9 Å². The minimum atomic E-state index is -0.621. The van der Waals surface area contributed by atoms with Crippen molar-refractivity contribution in [3.8, 4) is 0 Å². The number of carbonyl (C=O) groups excluding carboxylic acids is 3. The summed E-state index contributed by atoms with van der Waals surface area (Å²) in [4.78, 5) is 38.7. The van der Waals surface area contributed by atoms with E-state index in [4.69, 9.17) is 4.42 Å². The molecule has 2 heterocycles. The van der Waals surface area contributed by atoms with E-state index < -0.39 is 11.7 Å². The second-order valence-corrected chi connectivity index (χ2v) is 7.89. The van der Waals surface area contributed by atoms with E-state index in [9.17, 15) is 18.8 Å². The first kappa shape index (κ1) is 22.3. The van der Waals surface area contributed by atoms with Crippen molar-refractivity contribution >= 4 is 29.2 Å². The van der Waals surface area contributed by atoms with Gasteiger partial charge in [-0.15, -0.1) is 0 Å². The van der Waals surface area contributed by atoms with Crippen LogP contribution in [0.4, 0.5) is 20.6 Å². The van der Waals surface area contributed by atoms with E-state index in [1.807, 2.05) is 13.8 Å². The van der Waals surface area contributed by atoms with E-state index in [2.05, 4.69) is 16.0 Å². The lowest BCUT2D eigenvalue weighted by atomic mass is 9.96. The predicted molar refractivity (Wildman–Crippen MR) is 114 cm³/mol. The third-order valence-electron chi connectivity index (χ3n) is 5.15. The van der Waals surface area contributed by atoms with Crippen molar-refractivity contribution in [3.05, 3.63) is 47.7 Å². The SMILES string of the molecule is Cc1occc1C(=O)Nc1cc(NC(=O)N2CCC(C(=O)NC(C)C)CC2)ccc1F. The Hall–Kier alpha value is -3.36. The number of hydrogen-bond donors (Lipinski definition) is 3. The Bertz CT molecular complexity index is 964. The summed E-state index contributed by atoms with van der Waals surface area (Å²) in [5.41, 5.74) is 0.607. The highest BCUT2D eigenvalue weighted by Gasteiger charge is 2.27. The fourth-order valence-corrected chi connectivity index (χ4v) is 3.46. The zero-order valence-electron chi connectivity index (χ0n) is 17.8. The van der Waals surface area contributed by atoms with Gasteiger partial charge in [0.25, 0.3) is 5.91 Å². The molecule has 0 spiro atoms. The maximum Gasteiger partial charge on any atom is 0.321 e. The van der Waals surface area contributed by atoms with Crippen LogP contribution >= 0.6 is 0 Å². The first-order valence-electron chi connectivity index (χ1n) is 10.3. The number of likely N-dealkylation sites (tertiary alicyclic amines) is 1. The van der Waals surface area contributed by atoms with Crippen LogP contribution in [-0.4, -0.2) is 41.9 Å². The number of carbonyl (C=O) groups is 3. The molecule has 0 unspecified atom stereocenters. The molecule has 1 aliphatic heterocycles. The molecular weight excluding hydrogens is 403 g/mol. The Morgan fingerprint density at radius 1 is 1.13 bits per heavy atom. The summed E-state index contributed by atoms with van der Waals surface area (Å²) < 4.78 is 19.3. The highest BCUT2D eigenvalue weighted by Crippen LogP contribution is 2.23. The Morgan fingerprint density at radius 3 is 2.45 bits per heavy atom. The molecule has 1 aromatic heterocycles. The number of anilines is 2. The number of amides is 4. The van der Waals surface area contributed by atoms with Crippen molar-refractivity contribution in [1.82, 2.24) is 10.2 Å². The third-order valence-corrected chi connectivity index (χ3v) is 5.15. The normalized spacial score (nSPS) is 14.4. The topological polar surface area (TPSA) is 104 Å². The van der Waals surface area contributed by atoms with E-state index in [0.717, 1.165) is 0 Å². The zero-order chi connectivity index (χ0) is 22.5. The summed E-state index contributed by atoms with van der Waals surface area (Å²) in [5.74, 6) is -0.792. The molecule has 1 aromatic carbocycles. The second-order valence-electron chi connectivity index (χ2n) is 7.89. The molecule has 0 atom stereocenters. The number of nitrogens with one attached hydrogen (secondary N) is 3. The van der Waals surface area contributed by atoms with E-state index in [1.54, 1.807) is 11.8 Å². The molecule has 8 nitrogen and oxygen atoms in total. The van der Waals surface area contributed by atoms with Crippen LogP contribution in [0.1, 0.15) is 42.8 Å². The number of halogens is 1. The fourth-order valence-electron chi connectivity index (χ4n) is 3.46. The van der Waals surface area contributed by atoms with Crippen molar-refractivity contribution in [2.24, 2.45) is 5.92 Å². The van der Waals surface area contributed by atoms with E-state index in [-0.39, 0.29) is 29.6 Å². The lowest BCUT2D eigenvalue weighted by Crippen LogP contribution is -2.45. The van der Waals surface area contributed by atoms with Crippen LogP contribution < -0.4 is 16.0 Å². The van der Waals surface area contributed by atoms with Crippen LogP contribution in [0, 0.1) is 18.7 Å². The maximum absolute atomic E-state index is 14.2. The molecule has 1 aliphatic rings. The zero-order valence-corrected chi connectivity index (χ0v) is 17.8. The Balaban J connectivity index is 1.58. The number of piperidine rings is 1. The standard InChI is InChI=1S/C22H27FN4O4/c1-13(2)24-20(28)15-6-9-27(10-7-15)22(30)25-16-4-5-18(23)19(12-16)26-21(29)17-8-11-31-14(17)3/h4-5,8,11-13,15H,6-7,9-10H2,1-3H3,(H,24,28)(H,25,30)(H,26,29). The maximum atomic E-state index is 14.2. The van der Waals surface area contributed by atoms with Gasteiger partial charge < -0.3 is 25.3 Å². The Morgan fingerprint density at radius 2 is 1.84 bits per heavy atom. The van der Waals surface area contributed by atoms with Gasteiger partial charge >= 0.3 is 6.03 Å². The van der Waals surface area contributed by atoms with Gasteiger partial charge in [0.2, 0.25) is 5.91 Å². The second kappa shape index (κ2) is 9.63. The van der Waals surface area contributed by atoms with Gasteiger partial charge in [-0.05, 0) is 57.9 Å². The summed E-state index contributed by atoms with van der Waals surface area (Å²) in [6.07, 6.45) is 2.55. The molecule has 0 bridgehead atoms. The smallest absolute Gasteiger partial charge is 0.321 e. The molecule has 4 amide bonds. The molecule has 166 valence electrons. The van der Waals surface area contributed by atoms with Gasteiger partial charge in [-0.25, -0.2) is 9.18 Å². The lowest BCUT2D eigenvalue weighted by molar-refractivity contribution is -0.126. The summed E-state index contributed by atoms with van der Waals surface area (Å²) >= 11 is 0. The van der Waals surface area contributed by atoms with Gasteiger partial charge in [0.05, 0.1) is 17.5 Å². The van der Waals surface area contributed by atoms with E-state index in [1.165, 1.54) is 30.5 Å². The third kappa shape index (κ3) is 5.62. The van der Waals surface area contributed by atoms with Gasteiger partial charge in [-0.3, -0.25) is 9.59 Å². The van der Waals surface area contributed by atoms with Crippen molar-refractivity contribution in [1.29, 1.82) is 0 Å². The summed E-state index contributed by atoms with van der Waals surface area (Å²) in [6, 6.07) is 5.21. The fraction of sp³-hybridized carbons (Fsp3) is 0.409. The molecule has 1 saturated heterocycles. The highest BCUT2D eigenvalue weighted by molar-refractivity contribution is 6.05. The monoisotopic (exact) mass is 430 g/mol. The molecule has 3 N–H and O–H groups in total. The minimum absolute atomic E-state index is 0.0156. The summed E-state index contributed by atoms with van der Waals surface area (Å²) in [7, 11) is 0. The van der Waals surface area contributed by atoms with Crippen molar-refractivity contribution in [2.45, 2.75) is 39.7 Å². The summed E-state index contributed by atoms with van der Waals surface area (Å²) in [5, 5.41) is 8.12. The molecule has 0 saturated carbocycles. The van der Waals surface area contributed by atoms with Crippen LogP contribution in [0.3, 0.4) is 0 Å². The van der Waals surface area contributed by atoms with Crippen LogP contribution in [0.5, 0.6) is 0 Å². The molecule has 0 aliphatic carbocycles. The minimum Gasteiger partial charge on any atom is -0.469 e. The van der Waals surface area contributed by atoms with Crippen molar-refractivity contribution < 1.29 is 23.2 Å². The van der Waals surface area contributed by atoms with Crippen LogP contribution in [0.25, 0.3) is 0 Å². The number of aryl methyl sites for hydroxylation is 1. The molecule has 31 heavy (non-hydrogen) atoms. The van der Waals surface area contributed by atoms with Gasteiger partial charge in [-0.1, -0.05) is 0 Å². The number of urea groups is 1. The van der Waals surface area contributed by atoms with E-state index in [0.29, 0.717) is 42.9 Å². The Kier molecular flexibility index (Phi) is 6.94. The molecule has 3 rings (SSSR count). The largest absolute Gasteiger partial charge is 0.469 e. The number of nitrogens with zero attached hydrogens (tertiary/aromatic N) is 1. The number of furan rings is 1. The predicted octanol–water partition coefficient (Wildman–Crippen LogP) is 3.75. The van der Waals surface area contributed by atoms with Crippen LogP contribution in [-0.2, 0) is 4.79 Å². The molecule has 9 heteroatoms. The Labute approximate surface area is 180 Å².